The number of hydrogen-bond acceptors (Lipinski definition) is 3. The smallest absolute Gasteiger partial charge is 0.317 e. The minimum atomic E-state index is -0.267. The van der Waals surface area contributed by atoms with E-state index in [1.165, 1.54) is 0 Å². The molecule has 7 nitrogen and oxygen atoms in total. The maximum absolute atomic E-state index is 12.4. The molecular weight excluding hydrogens is 282 g/mol. The largest absolute Gasteiger partial charge is 0.351 e. The lowest BCUT2D eigenvalue weighted by Gasteiger charge is -2.33. The van der Waals surface area contributed by atoms with Crippen molar-refractivity contribution in [2.75, 3.05) is 19.6 Å². The number of urea groups is 1. The molecule has 22 heavy (non-hydrogen) atoms. The molecule has 2 heterocycles. The minimum Gasteiger partial charge on any atom is -0.351 e. The lowest BCUT2D eigenvalue weighted by molar-refractivity contribution is -0.125. The van der Waals surface area contributed by atoms with Gasteiger partial charge in [-0.05, 0) is 32.3 Å². The zero-order chi connectivity index (χ0) is 15.9. The Bertz CT molecular complexity index is 480. The lowest BCUT2D eigenvalue weighted by Crippen LogP contribution is -2.50. The number of rotatable bonds is 5. The molecule has 0 radical (unpaired) electrons. The first-order valence-electron chi connectivity index (χ1n) is 7.98. The number of hydrogen-bond donors (Lipinski definition) is 2. The molecule has 1 aliphatic heterocycles. The average Bonchev–Trinajstić information content (AvgIpc) is 3.03. The highest BCUT2D eigenvalue weighted by atomic mass is 16.2. The van der Waals surface area contributed by atoms with Crippen molar-refractivity contribution in [1.82, 2.24) is 25.3 Å². The number of aromatic nitrogens is 2. The normalized spacial score (nSPS) is 17.1. The van der Waals surface area contributed by atoms with Crippen LogP contribution in [0.1, 0.15) is 39.2 Å². The standard InChI is InChI=1S/C15H25N5O2/c1-3-13(20-9-5-8-17-20)14(21)18-12-6-10-19(11-7-12)15(22)16-4-2/h5,8-9,12-13H,3-4,6-7,10-11H2,1-2H3,(H,16,22)(H,18,21)/t13-/m1/s1. The van der Waals surface area contributed by atoms with Gasteiger partial charge >= 0.3 is 6.03 Å². The van der Waals surface area contributed by atoms with Crippen molar-refractivity contribution in [2.45, 2.75) is 45.2 Å². The number of amides is 3. The summed E-state index contributed by atoms with van der Waals surface area (Å²) in [7, 11) is 0. The minimum absolute atomic E-state index is 0.00246. The molecule has 1 aliphatic rings. The van der Waals surface area contributed by atoms with Gasteiger partial charge in [-0.2, -0.15) is 5.10 Å². The molecule has 0 aliphatic carbocycles. The molecule has 1 aromatic heterocycles. The quantitative estimate of drug-likeness (QED) is 0.856. The van der Waals surface area contributed by atoms with Crippen LogP contribution in [0, 0.1) is 0 Å². The van der Waals surface area contributed by atoms with E-state index in [0.29, 0.717) is 26.1 Å². The van der Waals surface area contributed by atoms with Crippen molar-refractivity contribution in [3.05, 3.63) is 18.5 Å². The number of carbonyl (C=O) groups excluding carboxylic acids is 2. The Morgan fingerprint density at radius 1 is 1.32 bits per heavy atom. The van der Waals surface area contributed by atoms with Crippen LogP contribution in [0.4, 0.5) is 4.79 Å². The molecule has 0 unspecified atom stereocenters. The summed E-state index contributed by atoms with van der Waals surface area (Å²) in [6, 6.07) is 1.66. The summed E-state index contributed by atoms with van der Waals surface area (Å²) in [6.07, 6.45) is 5.77. The van der Waals surface area contributed by atoms with Crippen molar-refractivity contribution >= 4 is 11.9 Å². The number of carbonyl (C=O) groups is 2. The van der Waals surface area contributed by atoms with Crippen molar-refractivity contribution in [2.24, 2.45) is 0 Å². The van der Waals surface area contributed by atoms with Gasteiger partial charge < -0.3 is 15.5 Å². The molecule has 1 saturated heterocycles. The average molecular weight is 307 g/mol. The van der Waals surface area contributed by atoms with Gasteiger partial charge in [0.05, 0.1) is 0 Å². The lowest BCUT2D eigenvalue weighted by atomic mass is 10.0. The number of likely N-dealkylation sites (tertiary alicyclic amines) is 1. The Labute approximate surface area is 131 Å². The summed E-state index contributed by atoms with van der Waals surface area (Å²) in [5, 5.41) is 10.0. The zero-order valence-corrected chi connectivity index (χ0v) is 13.3. The Hall–Kier alpha value is -2.05. The van der Waals surface area contributed by atoms with Crippen LogP contribution in [-0.4, -0.2) is 52.3 Å². The molecule has 1 atom stereocenters. The van der Waals surface area contributed by atoms with Crippen molar-refractivity contribution in [3.63, 3.8) is 0 Å². The van der Waals surface area contributed by atoms with E-state index < -0.39 is 0 Å². The summed E-state index contributed by atoms with van der Waals surface area (Å²) in [4.78, 5) is 25.9. The molecule has 2 N–H and O–H groups in total. The van der Waals surface area contributed by atoms with E-state index in [2.05, 4.69) is 15.7 Å². The highest BCUT2D eigenvalue weighted by Crippen LogP contribution is 2.14. The molecular formula is C15H25N5O2. The van der Waals surface area contributed by atoms with E-state index in [1.807, 2.05) is 26.1 Å². The van der Waals surface area contributed by atoms with E-state index in [9.17, 15) is 9.59 Å². The highest BCUT2D eigenvalue weighted by molar-refractivity contribution is 5.80. The highest BCUT2D eigenvalue weighted by Gasteiger charge is 2.26. The summed E-state index contributed by atoms with van der Waals surface area (Å²) < 4.78 is 1.69. The van der Waals surface area contributed by atoms with Gasteiger partial charge in [0.25, 0.3) is 0 Å². The van der Waals surface area contributed by atoms with Gasteiger partial charge in [-0.3, -0.25) is 9.48 Å². The summed E-state index contributed by atoms with van der Waals surface area (Å²) in [5.74, 6) is 0.00246. The first-order valence-corrected chi connectivity index (χ1v) is 7.98. The Kier molecular flexibility index (Phi) is 5.80. The fraction of sp³-hybridized carbons (Fsp3) is 0.667. The monoisotopic (exact) mass is 307 g/mol. The number of piperidine rings is 1. The van der Waals surface area contributed by atoms with Crippen molar-refractivity contribution in [1.29, 1.82) is 0 Å². The topological polar surface area (TPSA) is 79.3 Å². The fourth-order valence-electron chi connectivity index (χ4n) is 2.74. The fourth-order valence-corrected chi connectivity index (χ4v) is 2.74. The summed E-state index contributed by atoms with van der Waals surface area (Å²) >= 11 is 0. The van der Waals surface area contributed by atoms with Crippen molar-refractivity contribution < 1.29 is 9.59 Å². The molecule has 1 fully saturated rings. The van der Waals surface area contributed by atoms with E-state index in [-0.39, 0.29) is 24.0 Å². The Balaban J connectivity index is 1.82. The number of nitrogens with zero attached hydrogens (tertiary/aromatic N) is 3. The molecule has 2 rings (SSSR count). The van der Waals surface area contributed by atoms with Gasteiger partial charge in [-0.1, -0.05) is 6.92 Å². The maximum atomic E-state index is 12.4. The van der Waals surface area contributed by atoms with Gasteiger partial charge in [-0.25, -0.2) is 4.79 Å². The predicted molar refractivity (Wildman–Crippen MR) is 83.4 cm³/mol. The van der Waals surface area contributed by atoms with Gasteiger partial charge in [0, 0.05) is 38.1 Å². The Morgan fingerprint density at radius 3 is 2.59 bits per heavy atom. The summed E-state index contributed by atoms with van der Waals surface area (Å²) in [6.45, 7) is 5.87. The molecule has 1 aromatic rings. The number of nitrogens with one attached hydrogen (secondary N) is 2. The van der Waals surface area contributed by atoms with E-state index in [1.54, 1.807) is 15.8 Å². The Morgan fingerprint density at radius 2 is 2.05 bits per heavy atom. The van der Waals surface area contributed by atoms with Crippen LogP contribution in [0.25, 0.3) is 0 Å². The van der Waals surface area contributed by atoms with Gasteiger partial charge in [0.2, 0.25) is 5.91 Å². The molecule has 7 heteroatoms. The second-order valence-electron chi connectivity index (χ2n) is 5.52. The second kappa shape index (κ2) is 7.82. The molecule has 0 bridgehead atoms. The third-order valence-corrected chi connectivity index (χ3v) is 3.99. The van der Waals surface area contributed by atoms with Gasteiger partial charge in [0.15, 0.2) is 0 Å². The van der Waals surface area contributed by atoms with Crippen LogP contribution in [0.2, 0.25) is 0 Å². The van der Waals surface area contributed by atoms with E-state index >= 15 is 0 Å². The molecule has 0 saturated carbocycles. The third kappa shape index (κ3) is 3.99. The van der Waals surface area contributed by atoms with Crippen LogP contribution < -0.4 is 10.6 Å². The van der Waals surface area contributed by atoms with E-state index in [0.717, 1.165) is 12.8 Å². The van der Waals surface area contributed by atoms with Crippen LogP contribution in [0.5, 0.6) is 0 Å². The van der Waals surface area contributed by atoms with Gasteiger partial charge in [0.1, 0.15) is 6.04 Å². The predicted octanol–water partition coefficient (Wildman–Crippen LogP) is 1.14. The first-order chi connectivity index (χ1) is 10.7. The molecule has 3 amide bonds. The van der Waals surface area contributed by atoms with Crippen molar-refractivity contribution in [3.8, 4) is 0 Å². The van der Waals surface area contributed by atoms with Gasteiger partial charge in [-0.15, -0.1) is 0 Å². The zero-order valence-electron chi connectivity index (χ0n) is 13.3. The third-order valence-electron chi connectivity index (χ3n) is 3.99. The molecule has 0 spiro atoms. The van der Waals surface area contributed by atoms with E-state index in [4.69, 9.17) is 0 Å². The summed E-state index contributed by atoms with van der Waals surface area (Å²) in [5.41, 5.74) is 0. The molecule has 0 aromatic carbocycles. The van der Waals surface area contributed by atoms with Crippen LogP contribution >= 0.6 is 0 Å². The van der Waals surface area contributed by atoms with Crippen LogP contribution in [0.15, 0.2) is 18.5 Å². The maximum Gasteiger partial charge on any atom is 0.317 e. The van der Waals surface area contributed by atoms with Crippen LogP contribution in [0.3, 0.4) is 0 Å². The second-order valence-corrected chi connectivity index (χ2v) is 5.52. The van der Waals surface area contributed by atoms with Crippen LogP contribution in [-0.2, 0) is 4.79 Å². The molecule has 122 valence electrons. The first kappa shape index (κ1) is 16.3. The SMILES string of the molecule is CCNC(=O)N1CCC(NC(=O)[C@@H](CC)n2cccn2)CC1.